The van der Waals surface area contributed by atoms with Gasteiger partial charge in [0.05, 0.1) is 29.1 Å². The summed E-state index contributed by atoms with van der Waals surface area (Å²) in [6, 6.07) is 3.49. The number of alkyl halides is 3. The van der Waals surface area contributed by atoms with Crippen molar-refractivity contribution < 1.29 is 17.9 Å². The largest absolute Gasteiger partial charge is 0.416 e. The van der Waals surface area contributed by atoms with E-state index in [1.165, 1.54) is 6.07 Å². The Hall–Kier alpha value is -1.92. The number of nitriles is 1. The Balaban J connectivity index is 2.49. The number of morpholine rings is 1. The highest BCUT2D eigenvalue weighted by atomic mass is 32.2. The molecule has 0 aromatic heterocycles. The van der Waals surface area contributed by atoms with E-state index in [4.69, 9.17) is 10.00 Å². The van der Waals surface area contributed by atoms with Crippen molar-refractivity contribution in [3.63, 3.8) is 0 Å². The number of nitrogens with zero attached hydrogens (tertiary/aromatic N) is 3. The van der Waals surface area contributed by atoms with Crippen LogP contribution < -0.4 is 10.2 Å². The van der Waals surface area contributed by atoms with Gasteiger partial charge in [-0.2, -0.15) is 18.4 Å². The Morgan fingerprint density at radius 3 is 2.52 bits per heavy atom. The first-order valence-electron chi connectivity index (χ1n) is 7.64. The van der Waals surface area contributed by atoms with E-state index in [1.54, 1.807) is 12.4 Å². The summed E-state index contributed by atoms with van der Waals surface area (Å²) in [4.78, 5) is 6.19. The average molecular weight is 372 g/mol. The van der Waals surface area contributed by atoms with Gasteiger partial charge in [-0.1, -0.05) is 11.8 Å². The summed E-state index contributed by atoms with van der Waals surface area (Å²) in [5.41, 5.74) is -0.0220. The molecular weight excluding hydrogens is 353 g/mol. The van der Waals surface area contributed by atoms with E-state index < -0.39 is 11.7 Å². The lowest BCUT2D eigenvalue weighted by Gasteiger charge is -2.37. The van der Waals surface area contributed by atoms with Crippen LogP contribution in [0.5, 0.6) is 0 Å². The van der Waals surface area contributed by atoms with E-state index in [1.807, 2.05) is 18.7 Å². The summed E-state index contributed by atoms with van der Waals surface area (Å²) in [6.07, 6.45) is -1.12. The van der Waals surface area contributed by atoms with Crippen molar-refractivity contribution in [3.8, 4) is 6.19 Å². The van der Waals surface area contributed by atoms with Gasteiger partial charge in [0.2, 0.25) is 0 Å². The number of hydrogen-bond acceptors (Lipinski definition) is 5. The van der Waals surface area contributed by atoms with Gasteiger partial charge >= 0.3 is 6.18 Å². The number of hydrogen-bond donors (Lipinski definition) is 1. The molecule has 1 heterocycles. The zero-order valence-electron chi connectivity index (χ0n) is 14.1. The maximum atomic E-state index is 13.1. The fraction of sp³-hybridized carbons (Fsp3) is 0.500. The predicted molar refractivity (Wildman–Crippen MR) is 93.0 cm³/mol. The minimum Gasteiger partial charge on any atom is -0.372 e. The molecule has 1 saturated heterocycles. The molecule has 25 heavy (non-hydrogen) atoms. The molecule has 1 aliphatic heterocycles. The lowest BCUT2D eigenvalue weighted by atomic mass is 10.1. The summed E-state index contributed by atoms with van der Waals surface area (Å²) in [7, 11) is 0. The van der Waals surface area contributed by atoms with Crippen molar-refractivity contribution in [2.45, 2.75) is 32.2 Å². The normalized spacial score (nSPS) is 21.8. The smallest absolute Gasteiger partial charge is 0.372 e. The second-order valence-electron chi connectivity index (χ2n) is 5.72. The molecule has 2 unspecified atom stereocenters. The van der Waals surface area contributed by atoms with Crippen LogP contribution in [-0.4, -0.2) is 36.7 Å². The third-order valence-corrected chi connectivity index (χ3v) is 4.22. The number of thioether (sulfide) groups is 1. The quantitative estimate of drug-likeness (QED) is 0.371. The molecular formula is C16H19F3N4OS. The minimum atomic E-state index is -4.46. The number of rotatable bonds is 2. The highest BCUT2D eigenvalue weighted by Crippen LogP contribution is 2.38. The monoisotopic (exact) mass is 372 g/mol. The van der Waals surface area contributed by atoms with Crippen LogP contribution >= 0.6 is 11.8 Å². The first-order chi connectivity index (χ1) is 11.7. The molecule has 1 fully saturated rings. The van der Waals surface area contributed by atoms with Crippen LogP contribution in [-0.2, 0) is 10.9 Å². The van der Waals surface area contributed by atoms with Gasteiger partial charge in [0.25, 0.3) is 0 Å². The Kier molecular flexibility index (Phi) is 6.19. The van der Waals surface area contributed by atoms with E-state index in [9.17, 15) is 13.2 Å². The zero-order valence-corrected chi connectivity index (χ0v) is 14.9. The van der Waals surface area contributed by atoms with E-state index in [0.29, 0.717) is 18.8 Å². The summed E-state index contributed by atoms with van der Waals surface area (Å²) >= 11 is 1.15. The topological polar surface area (TPSA) is 60.6 Å². The molecule has 1 N–H and O–H groups in total. The van der Waals surface area contributed by atoms with Crippen LogP contribution in [0, 0.1) is 11.5 Å². The second-order valence-corrected chi connectivity index (χ2v) is 6.52. The average Bonchev–Trinajstić information content (AvgIpc) is 2.52. The molecule has 0 amide bonds. The van der Waals surface area contributed by atoms with Gasteiger partial charge in [0.15, 0.2) is 11.4 Å². The number of ether oxygens (including phenoxy) is 1. The number of nitrogens with one attached hydrogen (secondary N) is 1. The van der Waals surface area contributed by atoms with Gasteiger partial charge in [-0.05, 0) is 38.3 Å². The van der Waals surface area contributed by atoms with Crippen LogP contribution in [0.3, 0.4) is 0 Å². The molecule has 0 bridgehead atoms. The SMILES string of the molecule is CSC(=Nc1cc(C(F)(F)F)ccc1N1CC(C)OC(C)C1)NC#N. The van der Waals surface area contributed by atoms with E-state index in [0.717, 1.165) is 23.9 Å². The molecule has 0 aliphatic carbocycles. The lowest BCUT2D eigenvalue weighted by molar-refractivity contribution is -0.137. The van der Waals surface area contributed by atoms with Gasteiger partial charge in [-0.15, -0.1) is 0 Å². The molecule has 2 atom stereocenters. The standard InChI is InChI=1S/C16H19F3N4OS/c1-10-7-23(8-11(2)24-10)14-5-4-12(16(17,18)19)6-13(14)22-15(25-3)21-9-20/h4-6,10-11H,7-8H2,1-3H3,(H,21,22). The highest BCUT2D eigenvalue weighted by Gasteiger charge is 2.32. The van der Waals surface area contributed by atoms with Crippen LogP contribution in [0.25, 0.3) is 0 Å². The molecule has 5 nitrogen and oxygen atoms in total. The van der Waals surface area contributed by atoms with Crippen LogP contribution in [0.1, 0.15) is 19.4 Å². The molecule has 0 radical (unpaired) electrons. The number of aliphatic imine (C=N–C) groups is 1. The second kappa shape index (κ2) is 7.97. The van der Waals surface area contributed by atoms with Gasteiger partial charge in [0.1, 0.15) is 0 Å². The fourth-order valence-corrected chi connectivity index (χ4v) is 3.05. The summed E-state index contributed by atoms with van der Waals surface area (Å²) in [5, 5.41) is 11.4. The van der Waals surface area contributed by atoms with E-state index >= 15 is 0 Å². The molecule has 9 heteroatoms. The molecule has 0 saturated carbocycles. The molecule has 1 aromatic carbocycles. The lowest BCUT2D eigenvalue weighted by Crippen LogP contribution is -2.45. The van der Waals surface area contributed by atoms with Gasteiger partial charge in [-0.3, -0.25) is 5.32 Å². The molecule has 0 spiro atoms. The van der Waals surface area contributed by atoms with Crippen LogP contribution in [0.4, 0.5) is 24.5 Å². The Labute approximate surface area is 148 Å². The number of benzene rings is 1. The van der Waals surface area contributed by atoms with E-state index in [-0.39, 0.29) is 23.1 Å². The Bertz CT molecular complexity index is 677. The Morgan fingerprint density at radius 1 is 1.36 bits per heavy atom. The van der Waals surface area contributed by atoms with Crippen molar-refractivity contribution in [1.29, 1.82) is 5.26 Å². The van der Waals surface area contributed by atoms with Crippen molar-refractivity contribution in [3.05, 3.63) is 23.8 Å². The third kappa shape index (κ3) is 5.03. The number of amidine groups is 1. The molecule has 1 aliphatic rings. The Morgan fingerprint density at radius 2 is 2.00 bits per heavy atom. The van der Waals surface area contributed by atoms with Gasteiger partial charge < -0.3 is 9.64 Å². The zero-order chi connectivity index (χ0) is 18.6. The predicted octanol–water partition coefficient (Wildman–Crippen LogP) is 3.74. The fourth-order valence-electron chi connectivity index (χ4n) is 2.71. The first kappa shape index (κ1) is 19.4. The highest BCUT2D eigenvalue weighted by molar-refractivity contribution is 8.13. The van der Waals surface area contributed by atoms with Crippen LogP contribution in [0.2, 0.25) is 0 Å². The maximum Gasteiger partial charge on any atom is 0.416 e. The van der Waals surface area contributed by atoms with E-state index in [2.05, 4.69) is 10.3 Å². The summed E-state index contributed by atoms with van der Waals surface area (Å²) in [5.74, 6) is 0. The summed E-state index contributed by atoms with van der Waals surface area (Å²) < 4.78 is 44.9. The van der Waals surface area contributed by atoms with Crippen molar-refractivity contribution in [2.75, 3.05) is 24.2 Å². The minimum absolute atomic E-state index is 0.0415. The summed E-state index contributed by atoms with van der Waals surface area (Å²) in [6.45, 7) is 4.94. The van der Waals surface area contributed by atoms with Gasteiger partial charge in [-0.25, -0.2) is 4.99 Å². The van der Waals surface area contributed by atoms with Crippen molar-refractivity contribution >= 4 is 28.3 Å². The van der Waals surface area contributed by atoms with Crippen LogP contribution in [0.15, 0.2) is 23.2 Å². The third-order valence-electron chi connectivity index (χ3n) is 3.64. The number of halogens is 3. The molecule has 1 aromatic rings. The molecule has 2 rings (SSSR count). The molecule has 136 valence electrons. The maximum absolute atomic E-state index is 13.1. The van der Waals surface area contributed by atoms with Crippen molar-refractivity contribution in [1.82, 2.24) is 5.32 Å². The van der Waals surface area contributed by atoms with Crippen molar-refractivity contribution in [2.24, 2.45) is 4.99 Å². The first-order valence-corrected chi connectivity index (χ1v) is 8.86. The van der Waals surface area contributed by atoms with Gasteiger partial charge in [0, 0.05) is 13.1 Å². The number of anilines is 1.